The summed E-state index contributed by atoms with van der Waals surface area (Å²) in [6, 6.07) is 9.36. The topological polar surface area (TPSA) is 63.5 Å². The lowest BCUT2D eigenvalue weighted by molar-refractivity contribution is 0.419. The lowest BCUT2D eigenvalue weighted by Crippen LogP contribution is -2.47. The van der Waals surface area contributed by atoms with Crippen molar-refractivity contribution in [3.05, 3.63) is 40.7 Å². The number of para-hydroxylation sites is 1. The largest absolute Gasteiger partial charge is 0.494 e. The van der Waals surface area contributed by atoms with Gasteiger partial charge in [-0.1, -0.05) is 17.4 Å². The Kier molecular flexibility index (Phi) is 4.04. The van der Waals surface area contributed by atoms with Gasteiger partial charge in [-0.25, -0.2) is 9.67 Å². The molecule has 1 fully saturated rings. The Labute approximate surface area is 149 Å². The second kappa shape index (κ2) is 6.36. The molecule has 2 aromatic heterocycles. The number of anilines is 2. The van der Waals surface area contributed by atoms with Crippen molar-refractivity contribution >= 4 is 32.5 Å². The van der Waals surface area contributed by atoms with Gasteiger partial charge in [0, 0.05) is 39.3 Å². The van der Waals surface area contributed by atoms with E-state index in [1.54, 1.807) is 37.6 Å². The molecule has 1 saturated heterocycles. The van der Waals surface area contributed by atoms with E-state index in [2.05, 4.69) is 21.0 Å². The van der Waals surface area contributed by atoms with Crippen LogP contribution in [0.1, 0.15) is 0 Å². The minimum atomic E-state index is -0.0918. The molecule has 130 valence electrons. The lowest BCUT2D eigenvalue weighted by atomic mass is 10.3. The van der Waals surface area contributed by atoms with Crippen molar-refractivity contribution in [3.8, 4) is 5.75 Å². The smallest absolute Gasteiger partial charge is 0.266 e. The molecule has 0 N–H and O–H groups in total. The summed E-state index contributed by atoms with van der Waals surface area (Å²) in [6.45, 7) is 3.43. The molecule has 25 heavy (non-hydrogen) atoms. The summed E-state index contributed by atoms with van der Waals surface area (Å²) in [5, 5.41) is 5.35. The number of thiazole rings is 1. The number of aryl methyl sites for hydroxylation is 1. The van der Waals surface area contributed by atoms with Crippen LogP contribution in [0.4, 0.5) is 10.9 Å². The van der Waals surface area contributed by atoms with E-state index in [-0.39, 0.29) is 5.56 Å². The fourth-order valence-corrected chi connectivity index (χ4v) is 4.03. The Morgan fingerprint density at radius 1 is 1.08 bits per heavy atom. The minimum Gasteiger partial charge on any atom is -0.494 e. The summed E-state index contributed by atoms with van der Waals surface area (Å²) in [7, 11) is 3.35. The zero-order valence-corrected chi connectivity index (χ0v) is 15.0. The molecule has 3 aromatic rings. The van der Waals surface area contributed by atoms with Gasteiger partial charge in [0.15, 0.2) is 5.13 Å². The number of ether oxygens (including phenoxy) is 1. The molecule has 0 bridgehead atoms. The van der Waals surface area contributed by atoms with Crippen LogP contribution in [-0.4, -0.2) is 48.1 Å². The van der Waals surface area contributed by atoms with Crippen LogP contribution in [-0.2, 0) is 7.05 Å². The maximum atomic E-state index is 11.5. The molecule has 1 aromatic carbocycles. The summed E-state index contributed by atoms with van der Waals surface area (Å²) >= 11 is 1.69. The van der Waals surface area contributed by atoms with Crippen LogP contribution in [0.5, 0.6) is 5.75 Å². The number of rotatable bonds is 3. The first-order valence-corrected chi connectivity index (χ1v) is 8.95. The molecule has 0 saturated carbocycles. The van der Waals surface area contributed by atoms with Crippen LogP contribution in [0.15, 0.2) is 35.1 Å². The van der Waals surface area contributed by atoms with E-state index in [0.717, 1.165) is 53.1 Å². The van der Waals surface area contributed by atoms with Gasteiger partial charge in [-0.15, -0.1) is 0 Å². The summed E-state index contributed by atoms with van der Waals surface area (Å²) in [6.07, 6.45) is 0. The first-order chi connectivity index (χ1) is 12.2. The number of fused-ring (bicyclic) bond motifs is 1. The molecule has 0 spiro atoms. The molecular formula is C17H19N5O2S. The molecule has 0 aliphatic carbocycles. The zero-order valence-electron chi connectivity index (χ0n) is 14.2. The number of aromatic nitrogens is 3. The monoisotopic (exact) mass is 357 g/mol. The number of hydrogen-bond acceptors (Lipinski definition) is 7. The molecule has 0 radical (unpaired) electrons. The summed E-state index contributed by atoms with van der Waals surface area (Å²) in [5.74, 6) is 1.65. The Balaban J connectivity index is 1.52. The van der Waals surface area contributed by atoms with E-state index < -0.39 is 0 Å². The van der Waals surface area contributed by atoms with Crippen molar-refractivity contribution < 1.29 is 4.74 Å². The molecule has 3 heterocycles. The quantitative estimate of drug-likeness (QED) is 0.711. The van der Waals surface area contributed by atoms with Gasteiger partial charge in [0.1, 0.15) is 17.1 Å². The fourth-order valence-electron chi connectivity index (χ4n) is 3.00. The van der Waals surface area contributed by atoms with Gasteiger partial charge >= 0.3 is 0 Å². The van der Waals surface area contributed by atoms with Crippen molar-refractivity contribution in [1.29, 1.82) is 0 Å². The van der Waals surface area contributed by atoms with Crippen molar-refractivity contribution in [2.24, 2.45) is 7.05 Å². The Morgan fingerprint density at radius 2 is 1.84 bits per heavy atom. The van der Waals surface area contributed by atoms with Crippen LogP contribution in [0.25, 0.3) is 10.2 Å². The lowest BCUT2D eigenvalue weighted by Gasteiger charge is -2.35. The molecule has 1 aliphatic rings. The number of methoxy groups -OCH3 is 1. The zero-order chi connectivity index (χ0) is 17.4. The van der Waals surface area contributed by atoms with Gasteiger partial charge in [0.2, 0.25) is 0 Å². The van der Waals surface area contributed by atoms with E-state index >= 15 is 0 Å². The van der Waals surface area contributed by atoms with Gasteiger partial charge in [-0.05, 0) is 18.2 Å². The summed E-state index contributed by atoms with van der Waals surface area (Å²) in [4.78, 5) is 20.7. The fraction of sp³-hybridized carbons (Fsp3) is 0.353. The molecule has 4 rings (SSSR count). The predicted molar refractivity (Wildman–Crippen MR) is 100 cm³/mol. The van der Waals surface area contributed by atoms with Gasteiger partial charge in [0.25, 0.3) is 5.56 Å². The highest BCUT2D eigenvalue weighted by atomic mass is 32.1. The highest BCUT2D eigenvalue weighted by molar-refractivity contribution is 7.22. The van der Waals surface area contributed by atoms with Gasteiger partial charge in [-0.2, -0.15) is 5.10 Å². The molecular weight excluding hydrogens is 338 g/mol. The standard InChI is InChI=1S/C17H19N5O2S/c1-20-15(23)7-6-14(19-20)21-8-10-22(11-9-21)17-18-16-12(24-2)4-3-5-13(16)25-17/h3-7H,8-11H2,1-2H3. The third kappa shape index (κ3) is 2.93. The normalized spacial score (nSPS) is 15.0. The predicted octanol–water partition coefficient (Wildman–Crippen LogP) is 1.73. The van der Waals surface area contributed by atoms with Crippen molar-refractivity contribution in [1.82, 2.24) is 14.8 Å². The molecule has 0 unspecified atom stereocenters. The van der Waals surface area contributed by atoms with Crippen molar-refractivity contribution in [2.75, 3.05) is 43.1 Å². The molecule has 8 heteroatoms. The molecule has 0 atom stereocenters. The maximum absolute atomic E-state index is 11.5. The number of piperazine rings is 1. The van der Waals surface area contributed by atoms with Crippen LogP contribution in [0.2, 0.25) is 0 Å². The highest BCUT2D eigenvalue weighted by Crippen LogP contribution is 2.34. The van der Waals surface area contributed by atoms with Crippen LogP contribution in [0.3, 0.4) is 0 Å². The van der Waals surface area contributed by atoms with Gasteiger partial charge in [0.05, 0.1) is 11.8 Å². The Morgan fingerprint density at radius 3 is 2.56 bits per heavy atom. The van der Waals surface area contributed by atoms with Crippen LogP contribution < -0.4 is 20.1 Å². The third-order valence-corrected chi connectivity index (χ3v) is 5.49. The van der Waals surface area contributed by atoms with E-state index in [1.807, 2.05) is 12.1 Å². The van der Waals surface area contributed by atoms with Crippen molar-refractivity contribution in [2.45, 2.75) is 0 Å². The average Bonchev–Trinajstić information content (AvgIpc) is 3.08. The Bertz CT molecular complexity index is 959. The number of nitrogens with zero attached hydrogens (tertiary/aromatic N) is 5. The van der Waals surface area contributed by atoms with Gasteiger partial charge < -0.3 is 14.5 Å². The number of benzene rings is 1. The highest BCUT2D eigenvalue weighted by Gasteiger charge is 2.21. The van der Waals surface area contributed by atoms with Crippen LogP contribution in [0, 0.1) is 0 Å². The Hall–Kier alpha value is -2.61. The second-order valence-electron chi connectivity index (χ2n) is 5.93. The van der Waals surface area contributed by atoms with Crippen molar-refractivity contribution in [3.63, 3.8) is 0 Å². The molecule has 0 amide bonds. The van der Waals surface area contributed by atoms with E-state index in [1.165, 1.54) is 4.68 Å². The number of hydrogen-bond donors (Lipinski definition) is 0. The average molecular weight is 357 g/mol. The maximum Gasteiger partial charge on any atom is 0.266 e. The molecule has 7 nitrogen and oxygen atoms in total. The van der Waals surface area contributed by atoms with Gasteiger partial charge in [-0.3, -0.25) is 4.79 Å². The third-order valence-electron chi connectivity index (χ3n) is 4.41. The first kappa shape index (κ1) is 15.9. The minimum absolute atomic E-state index is 0.0918. The van der Waals surface area contributed by atoms with Crippen LogP contribution >= 0.6 is 11.3 Å². The SMILES string of the molecule is COc1cccc2sc(N3CCN(c4ccc(=O)n(C)n4)CC3)nc12. The van der Waals surface area contributed by atoms with E-state index in [0.29, 0.717) is 0 Å². The summed E-state index contributed by atoms with van der Waals surface area (Å²) in [5.41, 5.74) is 0.831. The molecule has 1 aliphatic heterocycles. The second-order valence-corrected chi connectivity index (χ2v) is 6.94. The summed E-state index contributed by atoms with van der Waals surface area (Å²) < 4.78 is 7.92. The first-order valence-electron chi connectivity index (χ1n) is 8.13. The van der Waals surface area contributed by atoms with E-state index in [9.17, 15) is 4.79 Å². The van der Waals surface area contributed by atoms with E-state index in [4.69, 9.17) is 9.72 Å².